The van der Waals surface area contributed by atoms with Crippen molar-refractivity contribution in [3.63, 3.8) is 0 Å². The maximum absolute atomic E-state index is 11.0. The zero-order valence-corrected chi connectivity index (χ0v) is 14.1. The number of aliphatic hydroxyl groups is 2. The fourth-order valence-corrected chi connectivity index (χ4v) is 0.752. The van der Waals surface area contributed by atoms with E-state index in [0.717, 1.165) is 12.8 Å². The average molecular weight is 300 g/mol. The summed E-state index contributed by atoms with van der Waals surface area (Å²) < 4.78 is 4.93. The highest BCUT2D eigenvalue weighted by Gasteiger charge is 2.02. The summed E-state index contributed by atoms with van der Waals surface area (Å²) in [7, 11) is 0. The highest BCUT2D eigenvalue weighted by Crippen LogP contribution is 1.97. The van der Waals surface area contributed by atoms with Gasteiger partial charge in [0.15, 0.2) is 0 Å². The summed E-state index contributed by atoms with van der Waals surface area (Å²) in [5.74, 6) is -0.194. The summed E-state index contributed by atoms with van der Waals surface area (Å²) in [4.78, 5) is 11.0. The predicted molar refractivity (Wildman–Crippen MR) is 89.1 cm³/mol. The number of aliphatic hydroxyl groups excluding tert-OH is 2. The Hall–Kier alpha value is -1.39. The topological polar surface area (TPSA) is 66.8 Å². The Kier molecular flexibility index (Phi) is 27.8. The smallest absolute Gasteiger partial charge is 0.333 e. The van der Waals surface area contributed by atoms with Gasteiger partial charge in [0.1, 0.15) is 0 Å². The number of carbonyl (C=O) groups is 1. The van der Waals surface area contributed by atoms with Crippen LogP contribution in [-0.4, -0.2) is 36.0 Å². The first-order chi connectivity index (χ1) is 10.0. The summed E-state index contributed by atoms with van der Waals surface area (Å²) in [5.41, 5.74) is 0.682. The van der Waals surface area contributed by atoms with Crippen molar-refractivity contribution in [3.05, 3.63) is 36.0 Å². The first-order valence-corrected chi connectivity index (χ1v) is 7.29. The second kappa shape index (κ2) is 23.7. The van der Waals surface area contributed by atoms with Gasteiger partial charge >= 0.3 is 5.97 Å². The quantitative estimate of drug-likeness (QED) is 0.341. The number of esters is 1. The molecule has 0 saturated heterocycles. The van der Waals surface area contributed by atoms with E-state index in [-0.39, 0.29) is 19.2 Å². The number of hydrogen-bond acceptors (Lipinski definition) is 4. The third-order valence-electron chi connectivity index (χ3n) is 2.17. The molecule has 4 heteroatoms. The largest absolute Gasteiger partial charge is 0.462 e. The lowest BCUT2D eigenvalue weighted by atomic mass is 10.3. The molecule has 0 bridgehead atoms. The molecule has 0 aromatic rings. The molecule has 0 aliphatic heterocycles. The van der Waals surface area contributed by atoms with Crippen molar-refractivity contribution in [2.45, 2.75) is 47.5 Å². The summed E-state index contributed by atoms with van der Waals surface area (Å²) in [6.07, 6.45) is 10.7. The minimum Gasteiger partial charge on any atom is -0.462 e. The highest BCUT2D eigenvalue weighted by atomic mass is 16.5. The molecule has 4 nitrogen and oxygen atoms in total. The van der Waals surface area contributed by atoms with Gasteiger partial charge in [-0.2, -0.15) is 0 Å². The van der Waals surface area contributed by atoms with Gasteiger partial charge in [-0.3, -0.25) is 0 Å². The second-order valence-electron chi connectivity index (χ2n) is 3.96. The Morgan fingerprint density at radius 2 is 1.52 bits per heavy atom. The molecule has 0 unspecified atom stereocenters. The van der Waals surface area contributed by atoms with Crippen molar-refractivity contribution in [2.24, 2.45) is 0 Å². The molecule has 0 atom stereocenters. The van der Waals surface area contributed by atoms with Gasteiger partial charge < -0.3 is 14.9 Å². The SMILES string of the molecule is C/C=C(\C)C(=O)OCCCC.C/C=C/CO.C/C=C/CO. The molecule has 0 radical (unpaired) electrons. The van der Waals surface area contributed by atoms with Crippen molar-refractivity contribution in [1.82, 2.24) is 0 Å². The Morgan fingerprint density at radius 1 is 1.05 bits per heavy atom. The van der Waals surface area contributed by atoms with E-state index in [0.29, 0.717) is 12.2 Å². The molecule has 21 heavy (non-hydrogen) atoms. The average Bonchev–Trinajstić information content (AvgIpc) is 2.49. The molecule has 0 rings (SSSR count). The van der Waals surface area contributed by atoms with E-state index >= 15 is 0 Å². The van der Waals surface area contributed by atoms with Gasteiger partial charge in [-0.25, -0.2) is 4.79 Å². The summed E-state index contributed by atoms with van der Waals surface area (Å²) in [6.45, 7) is 10.3. The third-order valence-corrected chi connectivity index (χ3v) is 2.17. The van der Waals surface area contributed by atoms with Crippen LogP contribution in [0, 0.1) is 0 Å². The van der Waals surface area contributed by atoms with E-state index < -0.39 is 0 Å². The zero-order valence-electron chi connectivity index (χ0n) is 14.1. The van der Waals surface area contributed by atoms with Crippen LogP contribution in [0.4, 0.5) is 0 Å². The molecule has 0 aromatic heterocycles. The van der Waals surface area contributed by atoms with Gasteiger partial charge in [0.05, 0.1) is 19.8 Å². The van der Waals surface area contributed by atoms with Crippen molar-refractivity contribution >= 4 is 5.97 Å². The number of carbonyl (C=O) groups excluding carboxylic acids is 1. The molecule has 0 spiro atoms. The monoisotopic (exact) mass is 300 g/mol. The maximum atomic E-state index is 11.0. The Morgan fingerprint density at radius 3 is 1.76 bits per heavy atom. The lowest BCUT2D eigenvalue weighted by molar-refractivity contribution is -0.139. The lowest BCUT2D eigenvalue weighted by Crippen LogP contribution is -2.06. The third kappa shape index (κ3) is 27.7. The maximum Gasteiger partial charge on any atom is 0.333 e. The molecule has 0 aromatic carbocycles. The molecule has 0 heterocycles. The molecule has 2 N–H and O–H groups in total. The molecule has 0 aliphatic carbocycles. The number of rotatable bonds is 6. The van der Waals surface area contributed by atoms with Crippen LogP contribution >= 0.6 is 0 Å². The molecule has 0 amide bonds. The van der Waals surface area contributed by atoms with Crippen LogP contribution < -0.4 is 0 Å². The summed E-state index contributed by atoms with van der Waals surface area (Å²) in [6, 6.07) is 0. The Labute approximate surface area is 129 Å². The Balaban J connectivity index is -0.000000270. The standard InChI is InChI=1S/C9H16O2.2C4H8O/c1-4-6-7-11-9(10)8(3)5-2;2*1-2-3-4-5/h5H,4,6-7H2,1-3H3;2*2-3,5H,4H2,1H3/b8-5+;2*3-2+. The van der Waals surface area contributed by atoms with E-state index in [2.05, 4.69) is 6.92 Å². The van der Waals surface area contributed by atoms with Gasteiger partial charge in [0, 0.05) is 5.57 Å². The predicted octanol–water partition coefficient (Wildman–Crippen LogP) is 3.41. The minimum atomic E-state index is -0.194. The van der Waals surface area contributed by atoms with Crippen LogP contribution in [-0.2, 0) is 9.53 Å². The molecule has 0 fully saturated rings. The van der Waals surface area contributed by atoms with Crippen molar-refractivity contribution in [1.29, 1.82) is 0 Å². The summed E-state index contributed by atoms with van der Waals surface area (Å²) in [5, 5.41) is 16.0. The molecule has 0 saturated carbocycles. The van der Waals surface area contributed by atoms with E-state index in [4.69, 9.17) is 14.9 Å². The first-order valence-electron chi connectivity index (χ1n) is 7.29. The van der Waals surface area contributed by atoms with Crippen LogP contribution in [0.25, 0.3) is 0 Å². The van der Waals surface area contributed by atoms with E-state index in [1.807, 2.05) is 20.8 Å². The van der Waals surface area contributed by atoms with E-state index in [1.54, 1.807) is 37.3 Å². The lowest BCUT2D eigenvalue weighted by Gasteiger charge is -2.02. The zero-order chi connectivity index (χ0) is 16.9. The van der Waals surface area contributed by atoms with E-state index in [9.17, 15) is 4.79 Å². The van der Waals surface area contributed by atoms with E-state index in [1.165, 1.54) is 0 Å². The molecular formula is C17H32O4. The highest BCUT2D eigenvalue weighted by molar-refractivity contribution is 5.87. The summed E-state index contributed by atoms with van der Waals surface area (Å²) >= 11 is 0. The number of hydrogen-bond donors (Lipinski definition) is 2. The van der Waals surface area contributed by atoms with Crippen molar-refractivity contribution < 1.29 is 19.7 Å². The second-order valence-corrected chi connectivity index (χ2v) is 3.96. The van der Waals surface area contributed by atoms with Gasteiger partial charge in [-0.15, -0.1) is 0 Å². The van der Waals surface area contributed by atoms with Gasteiger partial charge in [-0.05, 0) is 34.1 Å². The van der Waals surface area contributed by atoms with Gasteiger partial charge in [0.25, 0.3) is 0 Å². The number of allylic oxidation sites excluding steroid dienone is 3. The van der Waals surface area contributed by atoms with Crippen molar-refractivity contribution in [2.75, 3.05) is 19.8 Å². The van der Waals surface area contributed by atoms with Crippen LogP contribution in [0.1, 0.15) is 47.5 Å². The molecule has 124 valence electrons. The normalized spacial score (nSPS) is 10.7. The Bertz CT molecular complexity index is 279. The molecular weight excluding hydrogens is 268 g/mol. The van der Waals surface area contributed by atoms with Crippen LogP contribution in [0.3, 0.4) is 0 Å². The van der Waals surface area contributed by atoms with Gasteiger partial charge in [-0.1, -0.05) is 43.7 Å². The first kappa shape index (κ1) is 24.6. The number of ether oxygens (including phenoxy) is 1. The number of unbranched alkanes of at least 4 members (excludes halogenated alkanes) is 1. The van der Waals surface area contributed by atoms with Crippen LogP contribution in [0.15, 0.2) is 36.0 Å². The molecule has 0 aliphatic rings. The van der Waals surface area contributed by atoms with Crippen molar-refractivity contribution in [3.8, 4) is 0 Å². The minimum absolute atomic E-state index is 0.163. The fourth-order valence-electron chi connectivity index (χ4n) is 0.752. The van der Waals surface area contributed by atoms with Crippen LogP contribution in [0.2, 0.25) is 0 Å². The van der Waals surface area contributed by atoms with Gasteiger partial charge in [0.2, 0.25) is 0 Å². The van der Waals surface area contributed by atoms with Crippen LogP contribution in [0.5, 0.6) is 0 Å². The fraction of sp³-hybridized carbons (Fsp3) is 0.588.